The zero-order chi connectivity index (χ0) is 9.26. The lowest BCUT2D eigenvalue weighted by molar-refractivity contribution is 1.15. The molecule has 2 rings (SSSR count). The fraction of sp³-hybridized carbons (Fsp3) is 0.333. The van der Waals surface area contributed by atoms with Crippen molar-refractivity contribution >= 4 is 21.4 Å². The van der Waals surface area contributed by atoms with Crippen LogP contribution in [0.2, 0.25) is 0 Å². The molecule has 1 aromatic carbocycles. The second-order valence-corrected chi connectivity index (χ2v) is 4.46. The third-order valence-electron chi connectivity index (χ3n) is 2.39. The molecule has 1 aromatic heterocycles. The number of hydrogen-bond donors (Lipinski definition) is 0. The Labute approximate surface area is 83.2 Å². The predicted molar refractivity (Wildman–Crippen MR) is 60.6 cm³/mol. The van der Waals surface area contributed by atoms with Gasteiger partial charge in [0.05, 0.1) is 0 Å². The molecule has 0 fully saturated rings. The molecular weight excluding hydrogens is 176 g/mol. The van der Waals surface area contributed by atoms with E-state index in [1.165, 1.54) is 20.5 Å². The van der Waals surface area contributed by atoms with Crippen LogP contribution in [0.1, 0.15) is 24.3 Å². The summed E-state index contributed by atoms with van der Waals surface area (Å²) < 4.78 is 1.43. The van der Waals surface area contributed by atoms with E-state index in [0.717, 1.165) is 12.8 Å². The summed E-state index contributed by atoms with van der Waals surface area (Å²) in [4.78, 5) is 1.49. The van der Waals surface area contributed by atoms with Crippen LogP contribution in [-0.4, -0.2) is 0 Å². The van der Waals surface area contributed by atoms with Crippen LogP contribution in [0, 0.1) is 0 Å². The van der Waals surface area contributed by atoms with Crippen molar-refractivity contribution < 1.29 is 0 Å². The summed E-state index contributed by atoms with van der Waals surface area (Å²) in [5.41, 5.74) is 1.44. The van der Waals surface area contributed by atoms with Crippen LogP contribution in [-0.2, 0) is 12.8 Å². The quantitative estimate of drug-likeness (QED) is 0.670. The van der Waals surface area contributed by atoms with E-state index < -0.39 is 0 Å². The molecule has 0 aliphatic heterocycles. The van der Waals surface area contributed by atoms with Gasteiger partial charge in [0.25, 0.3) is 0 Å². The van der Waals surface area contributed by atoms with Gasteiger partial charge in [-0.15, -0.1) is 11.3 Å². The molecule has 0 saturated heterocycles. The lowest BCUT2D eigenvalue weighted by Gasteiger charge is -1.94. The maximum Gasteiger partial charge on any atom is 0.0345 e. The Bertz CT molecular complexity index is 410. The molecule has 0 nitrogen and oxygen atoms in total. The highest BCUT2D eigenvalue weighted by atomic mass is 32.1. The number of thiophene rings is 1. The number of benzene rings is 1. The van der Waals surface area contributed by atoms with Crippen LogP contribution in [0.5, 0.6) is 0 Å². The molecule has 1 heteroatoms. The zero-order valence-corrected chi connectivity index (χ0v) is 8.95. The van der Waals surface area contributed by atoms with Gasteiger partial charge in [-0.2, -0.15) is 0 Å². The first-order valence-electron chi connectivity index (χ1n) is 4.84. The molecule has 13 heavy (non-hydrogen) atoms. The van der Waals surface area contributed by atoms with Crippen molar-refractivity contribution in [3.63, 3.8) is 0 Å². The van der Waals surface area contributed by atoms with Gasteiger partial charge in [0.15, 0.2) is 0 Å². The van der Waals surface area contributed by atoms with Gasteiger partial charge in [-0.25, -0.2) is 0 Å². The van der Waals surface area contributed by atoms with Gasteiger partial charge in [-0.1, -0.05) is 26.0 Å². The fourth-order valence-corrected chi connectivity index (χ4v) is 2.53. The summed E-state index contributed by atoms with van der Waals surface area (Å²) in [6.07, 6.45) is 2.29. The van der Waals surface area contributed by atoms with Crippen LogP contribution in [0.25, 0.3) is 10.1 Å². The van der Waals surface area contributed by atoms with E-state index in [9.17, 15) is 0 Å². The third kappa shape index (κ3) is 1.61. The molecule has 1 heterocycles. The van der Waals surface area contributed by atoms with Gasteiger partial charge in [-0.05, 0) is 35.9 Å². The minimum absolute atomic E-state index is 1.13. The van der Waals surface area contributed by atoms with Gasteiger partial charge in [0.2, 0.25) is 0 Å². The van der Waals surface area contributed by atoms with Gasteiger partial charge in [-0.3, -0.25) is 0 Å². The van der Waals surface area contributed by atoms with E-state index in [4.69, 9.17) is 0 Å². The van der Waals surface area contributed by atoms with E-state index in [2.05, 4.69) is 38.1 Å². The normalized spacial score (nSPS) is 10.9. The number of aryl methyl sites for hydroxylation is 2. The van der Waals surface area contributed by atoms with Gasteiger partial charge in [0, 0.05) is 9.58 Å². The standard InChI is InChI=1S/C12H14S/c1-3-9-5-6-12-10(7-9)8-11(4-2)13-12/h5-8H,3-4H2,1-2H3. The smallest absolute Gasteiger partial charge is 0.0345 e. The molecule has 2 aromatic rings. The molecule has 0 radical (unpaired) electrons. The van der Waals surface area contributed by atoms with E-state index in [1.54, 1.807) is 0 Å². The van der Waals surface area contributed by atoms with Gasteiger partial charge >= 0.3 is 0 Å². The highest BCUT2D eigenvalue weighted by Crippen LogP contribution is 2.26. The molecule has 0 atom stereocenters. The molecule has 0 aliphatic rings. The Hall–Kier alpha value is -0.820. The minimum atomic E-state index is 1.13. The lowest BCUT2D eigenvalue weighted by atomic mass is 10.1. The van der Waals surface area contributed by atoms with Crippen molar-refractivity contribution in [2.75, 3.05) is 0 Å². The van der Waals surface area contributed by atoms with Crippen molar-refractivity contribution in [2.45, 2.75) is 26.7 Å². The van der Waals surface area contributed by atoms with E-state index in [-0.39, 0.29) is 0 Å². The first kappa shape index (κ1) is 8.76. The number of fused-ring (bicyclic) bond motifs is 1. The molecule has 68 valence electrons. The monoisotopic (exact) mass is 190 g/mol. The van der Waals surface area contributed by atoms with Crippen LogP contribution >= 0.6 is 11.3 Å². The maximum absolute atomic E-state index is 2.32. The van der Waals surface area contributed by atoms with Crippen molar-refractivity contribution in [3.05, 3.63) is 34.7 Å². The average Bonchev–Trinajstić information content (AvgIpc) is 2.58. The van der Waals surface area contributed by atoms with E-state index in [1.807, 2.05) is 11.3 Å². The Balaban J connectivity index is 2.57. The topological polar surface area (TPSA) is 0 Å². The molecule has 0 N–H and O–H groups in total. The van der Waals surface area contributed by atoms with Crippen LogP contribution in [0.4, 0.5) is 0 Å². The molecule has 0 unspecified atom stereocenters. The molecular formula is C12H14S. The maximum atomic E-state index is 2.32. The summed E-state index contributed by atoms with van der Waals surface area (Å²) in [6.45, 7) is 4.42. The Morgan fingerprint density at radius 3 is 2.62 bits per heavy atom. The number of hydrogen-bond acceptors (Lipinski definition) is 1. The predicted octanol–water partition coefficient (Wildman–Crippen LogP) is 4.03. The Kier molecular flexibility index (Phi) is 2.36. The van der Waals surface area contributed by atoms with Gasteiger partial charge < -0.3 is 0 Å². The Morgan fingerprint density at radius 1 is 1.08 bits per heavy atom. The molecule has 0 spiro atoms. The fourth-order valence-electron chi connectivity index (χ4n) is 1.54. The summed E-state index contributed by atoms with van der Waals surface area (Å²) in [5, 5.41) is 1.42. The highest BCUT2D eigenvalue weighted by molar-refractivity contribution is 7.19. The minimum Gasteiger partial charge on any atom is -0.140 e. The summed E-state index contributed by atoms with van der Waals surface area (Å²) in [6, 6.07) is 9.11. The van der Waals surface area contributed by atoms with Crippen molar-refractivity contribution in [3.8, 4) is 0 Å². The van der Waals surface area contributed by atoms with Crippen molar-refractivity contribution in [1.29, 1.82) is 0 Å². The zero-order valence-electron chi connectivity index (χ0n) is 8.13. The SMILES string of the molecule is CCc1ccc2sc(CC)cc2c1. The van der Waals surface area contributed by atoms with Gasteiger partial charge in [0.1, 0.15) is 0 Å². The molecule has 0 saturated carbocycles. The summed E-state index contributed by atoms with van der Waals surface area (Å²) in [5.74, 6) is 0. The second-order valence-electron chi connectivity index (χ2n) is 3.29. The number of rotatable bonds is 2. The highest BCUT2D eigenvalue weighted by Gasteiger charge is 2.00. The first-order valence-corrected chi connectivity index (χ1v) is 5.66. The molecule has 0 bridgehead atoms. The van der Waals surface area contributed by atoms with Crippen molar-refractivity contribution in [2.24, 2.45) is 0 Å². The summed E-state index contributed by atoms with van der Waals surface area (Å²) >= 11 is 1.92. The first-order chi connectivity index (χ1) is 6.33. The lowest BCUT2D eigenvalue weighted by Crippen LogP contribution is -1.76. The van der Waals surface area contributed by atoms with E-state index >= 15 is 0 Å². The van der Waals surface area contributed by atoms with Crippen LogP contribution < -0.4 is 0 Å². The van der Waals surface area contributed by atoms with Crippen LogP contribution in [0.15, 0.2) is 24.3 Å². The average molecular weight is 190 g/mol. The largest absolute Gasteiger partial charge is 0.140 e. The van der Waals surface area contributed by atoms with Crippen LogP contribution in [0.3, 0.4) is 0 Å². The third-order valence-corrected chi connectivity index (χ3v) is 3.65. The summed E-state index contributed by atoms with van der Waals surface area (Å²) in [7, 11) is 0. The molecule has 0 amide bonds. The second kappa shape index (κ2) is 3.51. The van der Waals surface area contributed by atoms with Crippen molar-refractivity contribution in [1.82, 2.24) is 0 Å². The Morgan fingerprint density at radius 2 is 1.92 bits per heavy atom. The van der Waals surface area contributed by atoms with E-state index in [0.29, 0.717) is 0 Å². The molecule has 0 aliphatic carbocycles.